The van der Waals surface area contributed by atoms with Crippen molar-refractivity contribution in [2.24, 2.45) is 5.41 Å². The van der Waals surface area contributed by atoms with E-state index < -0.39 is 52.9 Å². The van der Waals surface area contributed by atoms with Gasteiger partial charge in [0.25, 0.3) is 11.8 Å². The average molecular weight is 912 g/mol. The summed E-state index contributed by atoms with van der Waals surface area (Å²) in [4.78, 5) is 61.2. The predicted molar refractivity (Wildman–Crippen MR) is 244 cm³/mol. The molecule has 1 aliphatic carbocycles. The molecule has 4 amide bonds. The first kappa shape index (κ1) is 47.1. The number of nitrogens with one attached hydrogen (secondary N) is 3. The van der Waals surface area contributed by atoms with E-state index in [0.29, 0.717) is 37.6 Å². The molecule has 2 aromatic heterocycles. The summed E-state index contributed by atoms with van der Waals surface area (Å²) >= 11 is 1.53. The third-order valence-electron chi connectivity index (χ3n) is 11.9. The smallest absolute Gasteiger partial charge is 0.274 e. The van der Waals surface area contributed by atoms with Crippen molar-refractivity contribution in [3.8, 4) is 21.9 Å². The van der Waals surface area contributed by atoms with Gasteiger partial charge in [-0.15, -0.1) is 11.3 Å². The fraction of sp³-hybridized carbons (Fsp3) is 0.438. The number of ether oxygens (including phenoxy) is 2. The molecule has 17 heteroatoms. The lowest BCUT2D eigenvalue weighted by Gasteiger charge is -2.35. The van der Waals surface area contributed by atoms with Crippen molar-refractivity contribution in [1.29, 1.82) is 0 Å². The van der Waals surface area contributed by atoms with E-state index >= 15 is 0 Å². The molecule has 0 bridgehead atoms. The van der Waals surface area contributed by atoms with Crippen LogP contribution in [0.15, 0.2) is 78.4 Å². The molecular formula is C48H58FN7O8S. The molecule has 2 fully saturated rings. The Labute approximate surface area is 381 Å². The lowest BCUT2D eigenvalue weighted by atomic mass is 9.85. The van der Waals surface area contributed by atoms with Crippen molar-refractivity contribution in [1.82, 2.24) is 35.5 Å². The number of alkyl halides is 1. The van der Waals surface area contributed by atoms with Crippen LogP contribution in [0.3, 0.4) is 0 Å². The van der Waals surface area contributed by atoms with Gasteiger partial charge in [0.05, 0.1) is 35.3 Å². The van der Waals surface area contributed by atoms with Gasteiger partial charge in [0.1, 0.15) is 30.2 Å². The summed E-state index contributed by atoms with van der Waals surface area (Å²) in [6.45, 7) is 10.1. The van der Waals surface area contributed by atoms with Crippen molar-refractivity contribution >= 4 is 45.9 Å². The molecule has 1 aliphatic heterocycles. The molecule has 5 aromatic rings. The number of carbonyl (C=O) groups excluding carboxylic acids is 4. The number of likely N-dealkylation sites (tertiary alicyclic amines) is 1. The van der Waals surface area contributed by atoms with Gasteiger partial charge in [0.15, 0.2) is 5.67 Å². The van der Waals surface area contributed by atoms with E-state index in [2.05, 4.69) is 20.5 Å². The Balaban J connectivity index is 0.916. The van der Waals surface area contributed by atoms with Crippen LogP contribution in [-0.2, 0) is 34.0 Å². The van der Waals surface area contributed by atoms with Crippen LogP contribution in [-0.4, -0.2) is 111 Å². The van der Waals surface area contributed by atoms with Crippen LogP contribution in [0.2, 0.25) is 0 Å². The highest BCUT2D eigenvalue weighted by Crippen LogP contribution is 2.40. The summed E-state index contributed by atoms with van der Waals surface area (Å²) < 4.78 is 29.1. The number of amides is 4. The summed E-state index contributed by atoms with van der Waals surface area (Å²) in [6, 6.07) is 18.9. The molecule has 0 spiro atoms. The number of hydrogen-bond donors (Lipinski definition) is 5. The molecule has 3 aromatic carbocycles. The molecule has 15 nitrogen and oxygen atoms in total. The minimum absolute atomic E-state index is 0.0267. The fourth-order valence-electron chi connectivity index (χ4n) is 8.02. The Bertz CT molecular complexity index is 2500. The van der Waals surface area contributed by atoms with E-state index in [-0.39, 0.29) is 32.4 Å². The maximum Gasteiger partial charge on any atom is 0.274 e. The summed E-state index contributed by atoms with van der Waals surface area (Å²) in [7, 11) is 2.05. The van der Waals surface area contributed by atoms with Crippen LogP contribution in [0, 0.1) is 12.3 Å². The van der Waals surface area contributed by atoms with Gasteiger partial charge in [0.2, 0.25) is 11.8 Å². The number of aryl methyl sites for hydroxylation is 1. The standard InChI is InChI=1S/C48H58FN7O8S/c1-30-41(65-29-51-30)33-10-12-35(26-50-44(59)39-25-36(57)28-56(39)45(60)42(47(2,3)4)52-46(61)48(49)16-17-48)40(24-33)64-21-6-18-54(5)27-31-7-13-37(14-8-31)63-22-20-55-19-15-32-9-11-34(23-38(32)55)43(58)53-62/h7-15,19,23-24,29,36,39,42,57,62H,6,16-18,20-22,25-28H2,1-5H3,(H,50,59)(H,52,61)(H,53,58)/t36-,39+,42-/m1/s1. The molecule has 0 radical (unpaired) electrons. The summed E-state index contributed by atoms with van der Waals surface area (Å²) in [5.74, 6) is -1.04. The minimum Gasteiger partial charge on any atom is -0.493 e. The van der Waals surface area contributed by atoms with E-state index in [0.717, 1.165) is 56.9 Å². The van der Waals surface area contributed by atoms with Crippen LogP contribution in [0.25, 0.3) is 21.3 Å². The average Bonchev–Trinajstić information content (AvgIpc) is 3.54. The molecule has 5 N–H and O–H groups in total. The van der Waals surface area contributed by atoms with Gasteiger partial charge in [-0.1, -0.05) is 51.1 Å². The van der Waals surface area contributed by atoms with E-state index in [1.54, 1.807) is 43.9 Å². The van der Waals surface area contributed by atoms with Crippen molar-refractivity contribution in [2.75, 3.05) is 33.4 Å². The molecule has 346 valence electrons. The number of aromatic nitrogens is 2. The van der Waals surface area contributed by atoms with Crippen LogP contribution < -0.4 is 25.6 Å². The first-order valence-electron chi connectivity index (χ1n) is 21.9. The maximum atomic E-state index is 14.6. The summed E-state index contributed by atoms with van der Waals surface area (Å²) in [6.07, 6.45) is 1.96. The molecule has 2 aliphatic rings. The largest absolute Gasteiger partial charge is 0.493 e. The third kappa shape index (κ3) is 11.5. The molecule has 3 atom stereocenters. The second-order valence-electron chi connectivity index (χ2n) is 18.1. The van der Waals surface area contributed by atoms with E-state index in [4.69, 9.17) is 14.7 Å². The number of hydroxylamine groups is 1. The number of nitrogens with zero attached hydrogens (tertiary/aromatic N) is 4. The first-order chi connectivity index (χ1) is 31.0. The number of halogens is 1. The Morgan fingerprint density at radius 2 is 1.80 bits per heavy atom. The SMILES string of the molecule is Cc1ncsc1-c1ccc(CNC(=O)[C@@H]2C[C@@H](O)CN2C(=O)[C@@H](NC(=O)C2(F)CC2)C(C)(C)C)c(OCCCN(C)Cc2ccc(OCCn3ccc4ccc(C(=O)NO)cc43)cc2)c1. The summed E-state index contributed by atoms with van der Waals surface area (Å²) in [5, 5.41) is 26.2. The van der Waals surface area contributed by atoms with Gasteiger partial charge < -0.3 is 39.6 Å². The van der Waals surface area contributed by atoms with Gasteiger partial charge >= 0.3 is 0 Å². The Kier molecular flexibility index (Phi) is 14.6. The second kappa shape index (κ2) is 20.1. The van der Waals surface area contributed by atoms with Gasteiger partial charge in [-0.2, -0.15) is 0 Å². The lowest BCUT2D eigenvalue weighted by Crippen LogP contribution is -2.59. The molecular weight excluding hydrogens is 854 g/mol. The van der Waals surface area contributed by atoms with Crippen LogP contribution in [0.4, 0.5) is 4.39 Å². The maximum absolute atomic E-state index is 14.6. The van der Waals surface area contributed by atoms with Gasteiger partial charge in [0, 0.05) is 55.4 Å². The number of benzene rings is 3. The molecule has 0 unspecified atom stereocenters. The molecule has 7 rings (SSSR count). The molecule has 65 heavy (non-hydrogen) atoms. The Morgan fingerprint density at radius 3 is 2.49 bits per heavy atom. The Hall–Kier alpha value is -5.88. The third-order valence-corrected chi connectivity index (χ3v) is 12.9. The van der Waals surface area contributed by atoms with E-state index in [9.17, 15) is 28.7 Å². The van der Waals surface area contributed by atoms with E-state index in [1.807, 2.05) is 79.3 Å². The van der Waals surface area contributed by atoms with Crippen molar-refractivity contribution in [3.63, 3.8) is 0 Å². The number of fused-ring (bicyclic) bond motifs is 1. The topological polar surface area (TPSA) is 188 Å². The van der Waals surface area contributed by atoms with Crippen molar-refractivity contribution < 1.29 is 43.4 Å². The van der Waals surface area contributed by atoms with Crippen molar-refractivity contribution in [3.05, 3.63) is 101 Å². The monoisotopic (exact) mass is 911 g/mol. The highest BCUT2D eigenvalue weighted by Gasteiger charge is 2.53. The van der Waals surface area contributed by atoms with Crippen LogP contribution >= 0.6 is 11.3 Å². The minimum atomic E-state index is -1.97. The number of hydrogen-bond acceptors (Lipinski definition) is 11. The number of thiazole rings is 1. The highest BCUT2D eigenvalue weighted by atomic mass is 32.1. The molecule has 1 saturated heterocycles. The van der Waals surface area contributed by atoms with Crippen molar-refractivity contribution in [2.45, 2.75) is 96.9 Å². The number of aliphatic hydroxyl groups is 1. The normalized spacial score (nSPS) is 17.2. The van der Waals surface area contributed by atoms with Crippen LogP contribution in [0.5, 0.6) is 11.5 Å². The van der Waals surface area contributed by atoms with E-state index in [1.165, 1.54) is 16.2 Å². The zero-order valence-corrected chi connectivity index (χ0v) is 38.3. The predicted octanol–water partition coefficient (Wildman–Crippen LogP) is 5.78. The number of carbonyl (C=O) groups is 4. The van der Waals surface area contributed by atoms with Crippen LogP contribution in [0.1, 0.15) is 73.6 Å². The fourth-order valence-corrected chi connectivity index (χ4v) is 8.82. The lowest BCUT2D eigenvalue weighted by molar-refractivity contribution is -0.145. The van der Waals surface area contributed by atoms with Gasteiger partial charge in [-0.05, 0) is 91.6 Å². The van der Waals surface area contributed by atoms with Gasteiger partial charge in [-0.3, -0.25) is 24.4 Å². The highest BCUT2D eigenvalue weighted by molar-refractivity contribution is 7.13. The number of β-amino-alcohol motifs (C(OH)–C–C–N with tert-alkyl or cyclic N) is 1. The first-order valence-corrected chi connectivity index (χ1v) is 22.8. The quantitative estimate of drug-likeness (QED) is 0.0386. The zero-order chi connectivity index (χ0) is 46.5. The second-order valence-corrected chi connectivity index (χ2v) is 19.0. The Morgan fingerprint density at radius 1 is 1.03 bits per heavy atom. The molecule has 3 heterocycles. The summed E-state index contributed by atoms with van der Waals surface area (Å²) in [5.41, 5.74) is 5.64. The number of rotatable bonds is 19. The number of aliphatic hydroxyl groups excluding tert-OH is 1. The zero-order valence-electron chi connectivity index (χ0n) is 37.4. The molecule has 1 saturated carbocycles. The van der Waals surface area contributed by atoms with Gasteiger partial charge in [-0.25, -0.2) is 14.9 Å².